The number of nitrogens with zero attached hydrogens (tertiary/aromatic N) is 2. The van der Waals surface area contributed by atoms with Gasteiger partial charge in [-0.15, -0.1) is 0 Å². The Labute approximate surface area is 102 Å². The molecule has 1 atom stereocenters. The first-order chi connectivity index (χ1) is 8.33. The molecule has 0 aliphatic carbocycles. The van der Waals surface area contributed by atoms with E-state index < -0.39 is 0 Å². The van der Waals surface area contributed by atoms with Gasteiger partial charge in [0, 0.05) is 24.8 Å². The number of nitrogens with two attached hydrogens (primary N) is 1. The summed E-state index contributed by atoms with van der Waals surface area (Å²) >= 11 is 0. The fourth-order valence-corrected chi connectivity index (χ4v) is 2.48. The highest BCUT2D eigenvalue weighted by Crippen LogP contribution is 2.21. The quantitative estimate of drug-likeness (QED) is 0.708. The van der Waals surface area contributed by atoms with Gasteiger partial charge in [-0.3, -0.25) is 0 Å². The highest BCUT2D eigenvalue weighted by molar-refractivity contribution is 5.95. The van der Waals surface area contributed by atoms with E-state index in [0.29, 0.717) is 0 Å². The summed E-state index contributed by atoms with van der Waals surface area (Å²) in [5.41, 5.74) is 8.44. The van der Waals surface area contributed by atoms with Crippen LogP contribution < -0.4 is 11.1 Å². The summed E-state index contributed by atoms with van der Waals surface area (Å²) in [5, 5.41) is 3.41. The zero-order valence-corrected chi connectivity index (χ0v) is 9.89. The Kier molecular flexibility index (Phi) is 2.73. The third-order valence-corrected chi connectivity index (χ3v) is 3.42. The van der Waals surface area contributed by atoms with Gasteiger partial charge in [0.1, 0.15) is 0 Å². The number of likely N-dealkylation sites (tertiary alicyclic amines) is 1. The van der Waals surface area contributed by atoms with Crippen molar-refractivity contribution in [3.05, 3.63) is 29.8 Å². The molecule has 2 heterocycles. The van der Waals surface area contributed by atoms with Gasteiger partial charge in [0.05, 0.1) is 6.54 Å². The highest BCUT2D eigenvalue weighted by atomic mass is 15.3. The maximum atomic E-state index is 6.00. The number of piperidine rings is 1. The topological polar surface area (TPSA) is 53.6 Å². The maximum absolute atomic E-state index is 6.00. The monoisotopic (exact) mass is 230 g/mol. The fourth-order valence-electron chi connectivity index (χ4n) is 2.48. The third kappa shape index (κ3) is 2.13. The van der Waals surface area contributed by atoms with E-state index in [4.69, 9.17) is 5.73 Å². The van der Waals surface area contributed by atoms with Crippen LogP contribution in [-0.2, 0) is 6.54 Å². The number of fused-ring (bicyclic) bond motifs is 1. The van der Waals surface area contributed by atoms with Crippen LogP contribution in [-0.4, -0.2) is 30.0 Å². The van der Waals surface area contributed by atoms with Crippen molar-refractivity contribution in [2.45, 2.75) is 25.4 Å². The first kappa shape index (κ1) is 10.6. The minimum atomic E-state index is 0.283. The summed E-state index contributed by atoms with van der Waals surface area (Å²) in [7, 11) is 0. The predicted octanol–water partition coefficient (Wildman–Crippen LogP) is 1.39. The smallest absolute Gasteiger partial charge is 0.198 e. The zero-order valence-electron chi connectivity index (χ0n) is 9.89. The Balaban J connectivity index is 1.76. The summed E-state index contributed by atoms with van der Waals surface area (Å²) in [6.07, 6.45) is 2.28. The number of para-hydroxylation sites is 1. The van der Waals surface area contributed by atoms with Crippen LogP contribution in [0.3, 0.4) is 0 Å². The van der Waals surface area contributed by atoms with Crippen LogP contribution in [0.25, 0.3) is 0 Å². The predicted molar refractivity (Wildman–Crippen MR) is 70.0 cm³/mol. The highest BCUT2D eigenvalue weighted by Gasteiger charge is 2.22. The molecular formula is C13H18N4. The average molecular weight is 230 g/mol. The number of hydrogen-bond acceptors (Lipinski definition) is 4. The minimum Gasteiger partial charge on any atom is -0.341 e. The Bertz CT molecular complexity index is 441. The van der Waals surface area contributed by atoms with Crippen molar-refractivity contribution in [2.24, 2.45) is 10.7 Å². The maximum Gasteiger partial charge on any atom is 0.198 e. The molecule has 1 saturated heterocycles. The summed E-state index contributed by atoms with van der Waals surface area (Å²) < 4.78 is 0. The lowest BCUT2D eigenvalue weighted by Crippen LogP contribution is -2.48. The number of benzene rings is 1. The van der Waals surface area contributed by atoms with Crippen molar-refractivity contribution in [1.29, 1.82) is 0 Å². The fraction of sp³-hybridized carbons (Fsp3) is 0.462. The molecule has 0 spiro atoms. The van der Waals surface area contributed by atoms with Gasteiger partial charge in [-0.1, -0.05) is 18.2 Å². The molecule has 2 aliphatic rings. The van der Waals surface area contributed by atoms with Gasteiger partial charge in [-0.25, -0.2) is 4.99 Å². The van der Waals surface area contributed by atoms with Crippen LogP contribution >= 0.6 is 0 Å². The van der Waals surface area contributed by atoms with Gasteiger partial charge >= 0.3 is 0 Å². The van der Waals surface area contributed by atoms with Gasteiger partial charge in [0.15, 0.2) is 5.96 Å². The summed E-state index contributed by atoms with van der Waals surface area (Å²) in [6, 6.07) is 8.61. The SMILES string of the molecule is N[C@H]1CCCN(C2=NCc3ccccc3N2)C1. The third-order valence-electron chi connectivity index (χ3n) is 3.42. The molecule has 2 aliphatic heterocycles. The lowest BCUT2D eigenvalue weighted by atomic mass is 10.1. The molecule has 1 aromatic carbocycles. The molecule has 0 saturated carbocycles. The molecule has 4 heteroatoms. The lowest BCUT2D eigenvalue weighted by molar-refractivity contribution is 0.307. The molecule has 90 valence electrons. The van der Waals surface area contributed by atoms with Crippen molar-refractivity contribution in [3.63, 3.8) is 0 Å². The molecule has 0 aromatic heterocycles. The van der Waals surface area contributed by atoms with Crippen molar-refractivity contribution in [2.75, 3.05) is 18.4 Å². The van der Waals surface area contributed by atoms with Gasteiger partial charge < -0.3 is 16.0 Å². The number of nitrogens with one attached hydrogen (secondary N) is 1. The second-order valence-electron chi connectivity index (χ2n) is 4.77. The van der Waals surface area contributed by atoms with E-state index >= 15 is 0 Å². The van der Waals surface area contributed by atoms with Crippen molar-refractivity contribution >= 4 is 11.6 Å². The summed E-state index contributed by atoms with van der Waals surface area (Å²) in [4.78, 5) is 6.87. The van der Waals surface area contributed by atoms with Crippen LogP contribution in [0.5, 0.6) is 0 Å². The van der Waals surface area contributed by atoms with Crippen LogP contribution in [0, 0.1) is 0 Å². The number of aliphatic imine (C=N–C) groups is 1. The van der Waals surface area contributed by atoms with Crippen molar-refractivity contribution < 1.29 is 0 Å². The van der Waals surface area contributed by atoms with E-state index in [9.17, 15) is 0 Å². The van der Waals surface area contributed by atoms with E-state index in [-0.39, 0.29) is 6.04 Å². The molecular weight excluding hydrogens is 212 g/mol. The Morgan fingerprint density at radius 1 is 1.35 bits per heavy atom. The molecule has 4 nitrogen and oxygen atoms in total. The minimum absolute atomic E-state index is 0.283. The molecule has 3 N–H and O–H groups in total. The van der Waals surface area contributed by atoms with E-state index in [1.54, 1.807) is 0 Å². The molecule has 0 amide bonds. The molecule has 0 radical (unpaired) electrons. The van der Waals surface area contributed by atoms with Crippen molar-refractivity contribution in [3.8, 4) is 0 Å². The Morgan fingerprint density at radius 2 is 2.24 bits per heavy atom. The van der Waals surface area contributed by atoms with Gasteiger partial charge in [-0.2, -0.15) is 0 Å². The zero-order chi connectivity index (χ0) is 11.7. The Hall–Kier alpha value is -1.55. The van der Waals surface area contributed by atoms with Crippen molar-refractivity contribution in [1.82, 2.24) is 4.90 Å². The number of hydrogen-bond donors (Lipinski definition) is 2. The first-order valence-corrected chi connectivity index (χ1v) is 6.23. The molecule has 1 aromatic rings. The lowest BCUT2D eigenvalue weighted by Gasteiger charge is -2.35. The van der Waals surface area contributed by atoms with E-state index in [1.165, 1.54) is 11.3 Å². The van der Waals surface area contributed by atoms with Gasteiger partial charge in [-0.05, 0) is 24.5 Å². The standard InChI is InChI=1S/C13H18N4/c14-11-5-3-7-17(9-11)13-15-8-10-4-1-2-6-12(10)16-13/h1-2,4,6,11H,3,5,7-9,14H2,(H,15,16)/t11-/m0/s1. The molecule has 3 rings (SSSR count). The number of guanidine groups is 1. The van der Waals surface area contributed by atoms with Crippen LogP contribution in [0.4, 0.5) is 5.69 Å². The largest absolute Gasteiger partial charge is 0.341 e. The van der Waals surface area contributed by atoms with Gasteiger partial charge in [0.25, 0.3) is 0 Å². The van der Waals surface area contributed by atoms with Crippen LogP contribution in [0.2, 0.25) is 0 Å². The first-order valence-electron chi connectivity index (χ1n) is 6.23. The molecule has 17 heavy (non-hydrogen) atoms. The molecule has 0 bridgehead atoms. The molecule has 1 fully saturated rings. The number of rotatable bonds is 0. The molecule has 0 unspecified atom stereocenters. The van der Waals surface area contributed by atoms with Crippen LogP contribution in [0.15, 0.2) is 29.3 Å². The van der Waals surface area contributed by atoms with Gasteiger partial charge in [0.2, 0.25) is 0 Å². The van der Waals surface area contributed by atoms with E-state index in [0.717, 1.165) is 38.4 Å². The summed E-state index contributed by atoms with van der Waals surface area (Å²) in [6.45, 7) is 2.74. The van der Waals surface area contributed by atoms with Crippen LogP contribution in [0.1, 0.15) is 18.4 Å². The normalized spacial score (nSPS) is 23.7. The summed E-state index contributed by atoms with van der Waals surface area (Å²) in [5.74, 6) is 0.985. The second kappa shape index (κ2) is 4.37. The average Bonchev–Trinajstić information content (AvgIpc) is 2.38. The Morgan fingerprint density at radius 3 is 3.12 bits per heavy atom. The van der Waals surface area contributed by atoms with E-state index in [1.807, 2.05) is 0 Å². The number of anilines is 1. The second-order valence-corrected chi connectivity index (χ2v) is 4.77. The van der Waals surface area contributed by atoms with E-state index in [2.05, 4.69) is 39.5 Å².